The third-order valence-electron chi connectivity index (χ3n) is 8.10. The summed E-state index contributed by atoms with van der Waals surface area (Å²) in [6.07, 6.45) is 3.56. The van der Waals surface area contributed by atoms with Gasteiger partial charge in [0.05, 0.1) is 6.04 Å². The summed E-state index contributed by atoms with van der Waals surface area (Å²) in [5.74, 6) is 1.07. The van der Waals surface area contributed by atoms with Crippen LogP contribution < -0.4 is 5.32 Å². The van der Waals surface area contributed by atoms with Gasteiger partial charge in [0.15, 0.2) is 0 Å². The summed E-state index contributed by atoms with van der Waals surface area (Å²) in [7, 11) is 0. The van der Waals surface area contributed by atoms with Gasteiger partial charge in [-0.3, -0.25) is 4.79 Å². The maximum absolute atomic E-state index is 13.2. The molecular formula is C36H36N2OS. The van der Waals surface area contributed by atoms with Crippen LogP contribution in [0.2, 0.25) is 0 Å². The fourth-order valence-electron chi connectivity index (χ4n) is 6.05. The third-order valence-corrected chi connectivity index (χ3v) is 9.24. The Hall–Kier alpha value is -3.60. The van der Waals surface area contributed by atoms with E-state index >= 15 is 0 Å². The van der Waals surface area contributed by atoms with Crippen molar-refractivity contribution in [2.24, 2.45) is 0 Å². The third kappa shape index (κ3) is 6.09. The first-order chi connectivity index (χ1) is 19.8. The monoisotopic (exact) mass is 544 g/mol. The highest BCUT2D eigenvalue weighted by Crippen LogP contribution is 2.39. The van der Waals surface area contributed by atoms with Crippen molar-refractivity contribution in [2.45, 2.75) is 42.4 Å². The Morgan fingerprint density at radius 2 is 1.35 bits per heavy atom. The molecule has 0 spiro atoms. The molecular weight excluding hydrogens is 508 g/mol. The smallest absolute Gasteiger partial charge is 0.220 e. The number of piperidine rings is 1. The number of fused-ring (bicyclic) bond motifs is 2. The van der Waals surface area contributed by atoms with Crippen LogP contribution in [0, 0.1) is 0 Å². The summed E-state index contributed by atoms with van der Waals surface area (Å²) in [6, 6.07) is 38.5. The van der Waals surface area contributed by atoms with Crippen molar-refractivity contribution in [1.29, 1.82) is 0 Å². The Morgan fingerprint density at radius 3 is 2.05 bits per heavy atom. The molecule has 0 aliphatic carbocycles. The number of amides is 1. The van der Waals surface area contributed by atoms with E-state index < -0.39 is 0 Å². The second-order valence-corrected chi connectivity index (χ2v) is 11.7. The highest BCUT2D eigenvalue weighted by atomic mass is 32.2. The SMILES string of the molecule is O=C(CCCN1CCC(=C(c2ccccc2)c2ccccc2)CC1)N[C@@H]1c2ccccc2CSc2ccccc21. The van der Waals surface area contributed by atoms with E-state index in [9.17, 15) is 4.79 Å². The second kappa shape index (κ2) is 12.7. The molecule has 1 N–H and O–H groups in total. The molecule has 1 atom stereocenters. The van der Waals surface area contributed by atoms with Gasteiger partial charge in [0, 0.05) is 30.2 Å². The Kier molecular flexibility index (Phi) is 8.46. The predicted molar refractivity (Wildman–Crippen MR) is 166 cm³/mol. The van der Waals surface area contributed by atoms with Gasteiger partial charge in [0.2, 0.25) is 5.91 Å². The largest absolute Gasteiger partial charge is 0.345 e. The van der Waals surface area contributed by atoms with Gasteiger partial charge in [-0.05, 0) is 65.3 Å². The standard InChI is InChI=1S/C36H36N2OS/c39-34(37-36-31-17-8-7-16-30(31)26-40-33-19-10-9-18-32(33)36)20-11-23-38-24-21-29(22-25-38)35(27-12-3-1-4-13-27)28-14-5-2-6-15-28/h1-10,12-19,36H,11,20-26H2,(H,37,39)/t36-/m1/s1. The van der Waals surface area contributed by atoms with Crippen LogP contribution in [0.4, 0.5) is 0 Å². The Balaban J connectivity index is 1.07. The van der Waals surface area contributed by atoms with E-state index in [1.54, 1.807) is 0 Å². The van der Waals surface area contributed by atoms with E-state index in [2.05, 4.69) is 119 Å². The van der Waals surface area contributed by atoms with Gasteiger partial charge in [-0.25, -0.2) is 0 Å². The summed E-state index contributed by atoms with van der Waals surface area (Å²) in [6.45, 7) is 3.04. The number of benzene rings is 4. The van der Waals surface area contributed by atoms with Crippen LogP contribution in [0.25, 0.3) is 5.57 Å². The Labute approximate surface area is 242 Å². The molecule has 0 unspecified atom stereocenters. The zero-order valence-corrected chi connectivity index (χ0v) is 23.7. The Bertz CT molecular complexity index is 1380. The molecule has 0 bridgehead atoms. The molecule has 4 aromatic rings. The van der Waals surface area contributed by atoms with Crippen LogP contribution in [0.5, 0.6) is 0 Å². The van der Waals surface area contributed by atoms with Crippen molar-refractivity contribution in [3.05, 3.63) is 143 Å². The van der Waals surface area contributed by atoms with Crippen LogP contribution in [0.15, 0.2) is 120 Å². The number of thioether (sulfide) groups is 1. The summed E-state index contributed by atoms with van der Waals surface area (Å²) in [5, 5.41) is 3.39. The van der Waals surface area contributed by atoms with E-state index in [1.165, 1.54) is 43.9 Å². The molecule has 3 nitrogen and oxygen atoms in total. The van der Waals surface area contributed by atoms with Gasteiger partial charge in [0.25, 0.3) is 0 Å². The molecule has 1 amide bonds. The van der Waals surface area contributed by atoms with Crippen molar-refractivity contribution >= 4 is 23.2 Å². The summed E-state index contributed by atoms with van der Waals surface area (Å²) in [4.78, 5) is 17.0. The van der Waals surface area contributed by atoms with E-state index in [4.69, 9.17) is 0 Å². The summed E-state index contributed by atoms with van der Waals surface area (Å²) < 4.78 is 0. The molecule has 4 heteroatoms. The first-order valence-corrected chi connectivity index (χ1v) is 15.4. The number of rotatable bonds is 7. The van der Waals surface area contributed by atoms with Gasteiger partial charge in [-0.1, -0.05) is 109 Å². The van der Waals surface area contributed by atoms with Crippen LogP contribution >= 0.6 is 11.8 Å². The number of carbonyl (C=O) groups is 1. The lowest BCUT2D eigenvalue weighted by molar-refractivity contribution is -0.121. The van der Waals surface area contributed by atoms with E-state index in [-0.39, 0.29) is 11.9 Å². The van der Waals surface area contributed by atoms with Gasteiger partial charge in [0.1, 0.15) is 0 Å². The molecule has 0 radical (unpaired) electrons. The van der Waals surface area contributed by atoms with Gasteiger partial charge < -0.3 is 10.2 Å². The predicted octanol–water partition coefficient (Wildman–Crippen LogP) is 7.88. The molecule has 1 saturated heterocycles. The first-order valence-electron chi connectivity index (χ1n) is 14.4. The fraction of sp³-hybridized carbons (Fsp3) is 0.250. The van der Waals surface area contributed by atoms with Gasteiger partial charge in [-0.15, -0.1) is 11.8 Å². The summed E-state index contributed by atoms with van der Waals surface area (Å²) in [5.41, 5.74) is 9.25. The van der Waals surface area contributed by atoms with Gasteiger partial charge in [-0.2, -0.15) is 0 Å². The number of hydrogen-bond acceptors (Lipinski definition) is 3. The van der Waals surface area contributed by atoms with Crippen molar-refractivity contribution in [2.75, 3.05) is 19.6 Å². The van der Waals surface area contributed by atoms with Crippen LogP contribution in [-0.2, 0) is 10.5 Å². The Morgan fingerprint density at radius 1 is 0.750 bits per heavy atom. The van der Waals surface area contributed by atoms with Crippen molar-refractivity contribution in [3.63, 3.8) is 0 Å². The number of nitrogens with one attached hydrogen (secondary N) is 1. The average molecular weight is 545 g/mol. The van der Waals surface area contributed by atoms with Crippen molar-refractivity contribution < 1.29 is 4.79 Å². The van der Waals surface area contributed by atoms with E-state index in [0.29, 0.717) is 6.42 Å². The number of nitrogens with zero attached hydrogens (tertiary/aromatic N) is 1. The molecule has 6 rings (SSSR count). The molecule has 40 heavy (non-hydrogen) atoms. The van der Waals surface area contributed by atoms with Crippen LogP contribution in [0.3, 0.4) is 0 Å². The molecule has 2 aliphatic heterocycles. The molecule has 202 valence electrons. The lowest BCUT2D eigenvalue weighted by atomic mass is 9.88. The number of hydrogen-bond donors (Lipinski definition) is 1. The van der Waals surface area contributed by atoms with E-state index in [0.717, 1.165) is 44.6 Å². The highest BCUT2D eigenvalue weighted by molar-refractivity contribution is 7.98. The fourth-order valence-corrected chi connectivity index (χ4v) is 7.15. The molecule has 2 aliphatic rings. The normalized spacial score (nSPS) is 16.9. The molecule has 0 aromatic heterocycles. The van der Waals surface area contributed by atoms with Crippen molar-refractivity contribution in [1.82, 2.24) is 10.2 Å². The number of likely N-dealkylation sites (tertiary alicyclic amines) is 1. The highest BCUT2D eigenvalue weighted by Gasteiger charge is 2.25. The van der Waals surface area contributed by atoms with Crippen LogP contribution in [0.1, 0.15) is 59.5 Å². The first kappa shape index (κ1) is 26.6. The molecule has 1 fully saturated rings. The zero-order chi connectivity index (χ0) is 27.1. The molecule has 2 heterocycles. The molecule has 4 aromatic carbocycles. The quantitative estimate of drug-likeness (QED) is 0.257. The van der Waals surface area contributed by atoms with E-state index in [1.807, 2.05) is 11.8 Å². The topological polar surface area (TPSA) is 32.3 Å². The lowest BCUT2D eigenvalue weighted by Crippen LogP contribution is -2.34. The summed E-state index contributed by atoms with van der Waals surface area (Å²) >= 11 is 1.86. The van der Waals surface area contributed by atoms with Crippen molar-refractivity contribution in [3.8, 4) is 0 Å². The molecule has 0 saturated carbocycles. The average Bonchev–Trinajstić information content (AvgIpc) is 3.16. The second-order valence-electron chi connectivity index (χ2n) is 10.7. The van der Waals surface area contributed by atoms with Gasteiger partial charge >= 0.3 is 0 Å². The lowest BCUT2D eigenvalue weighted by Gasteiger charge is -2.30. The maximum atomic E-state index is 13.2. The maximum Gasteiger partial charge on any atom is 0.220 e. The minimum atomic E-state index is -0.0908. The minimum absolute atomic E-state index is 0.0908. The minimum Gasteiger partial charge on any atom is -0.345 e. The zero-order valence-electron chi connectivity index (χ0n) is 22.9. The number of carbonyl (C=O) groups excluding carboxylic acids is 1. The van der Waals surface area contributed by atoms with Crippen LogP contribution in [-0.4, -0.2) is 30.4 Å².